The highest BCUT2D eigenvalue weighted by Crippen LogP contribution is 2.41. The van der Waals surface area contributed by atoms with Gasteiger partial charge in [0, 0.05) is 11.6 Å². The number of rotatable bonds is 8. The first-order chi connectivity index (χ1) is 14.1. The van der Waals surface area contributed by atoms with E-state index in [2.05, 4.69) is 42.2 Å². The molecule has 1 aliphatic rings. The van der Waals surface area contributed by atoms with Gasteiger partial charge in [0.2, 0.25) is 5.95 Å². The molecule has 0 bridgehead atoms. The highest BCUT2D eigenvalue weighted by molar-refractivity contribution is 6.35. The third kappa shape index (κ3) is 5.11. The number of hydrogen-bond acceptors (Lipinski definition) is 3. The quantitative estimate of drug-likeness (QED) is 0.357. The lowest BCUT2D eigenvalue weighted by Crippen LogP contribution is -2.31. The first kappa shape index (κ1) is 22.9. The molecule has 0 N–H and O–H groups in total. The third-order valence-corrected chi connectivity index (χ3v) is 5.97. The fraction of sp³-hybridized carbons (Fsp3) is 0.391. The van der Waals surface area contributed by atoms with Gasteiger partial charge in [0.25, 0.3) is 0 Å². The van der Waals surface area contributed by atoms with E-state index in [9.17, 15) is 0 Å². The second-order valence-electron chi connectivity index (χ2n) is 7.77. The first-order valence-electron chi connectivity index (χ1n) is 10.3. The fourth-order valence-corrected chi connectivity index (χ4v) is 4.29. The van der Waals surface area contributed by atoms with E-state index in [0.29, 0.717) is 10.0 Å². The molecule has 0 radical (unpaired) electrons. The van der Waals surface area contributed by atoms with Crippen molar-refractivity contribution in [3.8, 4) is 5.69 Å². The molecule has 4 nitrogen and oxygen atoms in total. The van der Waals surface area contributed by atoms with Gasteiger partial charge in [0.05, 0.1) is 16.8 Å². The topological polar surface area (TPSA) is 34.0 Å². The van der Waals surface area contributed by atoms with Gasteiger partial charge in [-0.05, 0) is 49.4 Å². The Morgan fingerprint density at radius 1 is 1.13 bits per heavy atom. The monoisotopic (exact) mass is 464 g/mol. The van der Waals surface area contributed by atoms with E-state index in [-0.39, 0.29) is 18.4 Å². The summed E-state index contributed by atoms with van der Waals surface area (Å²) in [7, 11) is 0. The molecule has 7 heteroatoms. The second-order valence-corrected chi connectivity index (χ2v) is 8.61. The molecule has 1 heterocycles. The molecule has 1 fully saturated rings. The summed E-state index contributed by atoms with van der Waals surface area (Å²) in [6.45, 7) is 5.07. The largest absolute Gasteiger partial charge is 0.332 e. The van der Waals surface area contributed by atoms with Gasteiger partial charge in [-0.15, -0.1) is 17.5 Å². The summed E-state index contributed by atoms with van der Waals surface area (Å²) in [5, 5.41) is 6.04. The number of aromatic nitrogens is 3. The van der Waals surface area contributed by atoms with Crippen LogP contribution in [0, 0.1) is 12.8 Å². The van der Waals surface area contributed by atoms with Gasteiger partial charge in [-0.25, -0.2) is 4.68 Å². The van der Waals surface area contributed by atoms with Crippen molar-refractivity contribution in [2.75, 3.05) is 11.4 Å². The SMILES string of the molecule is CCCN(c1nc(C)n(-c2ccc(Cl)cc2Cl)n1)[C@@H](CC1CC1)c1ccccc1.Cl. The van der Waals surface area contributed by atoms with Crippen LogP contribution in [0.5, 0.6) is 0 Å². The minimum absolute atomic E-state index is 0. The van der Waals surface area contributed by atoms with Crippen LogP contribution in [0.3, 0.4) is 0 Å². The van der Waals surface area contributed by atoms with E-state index >= 15 is 0 Å². The van der Waals surface area contributed by atoms with Crippen molar-refractivity contribution in [2.24, 2.45) is 5.92 Å². The van der Waals surface area contributed by atoms with E-state index < -0.39 is 0 Å². The summed E-state index contributed by atoms with van der Waals surface area (Å²) in [6.07, 6.45) is 4.82. The van der Waals surface area contributed by atoms with Crippen molar-refractivity contribution in [2.45, 2.75) is 45.6 Å². The van der Waals surface area contributed by atoms with Gasteiger partial charge >= 0.3 is 0 Å². The lowest BCUT2D eigenvalue weighted by Gasteiger charge is -2.31. The normalized spacial score (nSPS) is 14.3. The molecule has 0 amide bonds. The van der Waals surface area contributed by atoms with Crippen molar-refractivity contribution < 1.29 is 0 Å². The van der Waals surface area contributed by atoms with Gasteiger partial charge in [-0.3, -0.25) is 0 Å². The van der Waals surface area contributed by atoms with Crippen molar-refractivity contribution in [3.05, 3.63) is 70.0 Å². The van der Waals surface area contributed by atoms with E-state index in [1.807, 2.05) is 23.7 Å². The highest BCUT2D eigenvalue weighted by Gasteiger charge is 2.31. The predicted octanol–water partition coefficient (Wildman–Crippen LogP) is 7.06. The molecule has 1 atom stereocenters. The Bertz CT molecular complexity index is 970. The van der Waals surface area contributed by atoms with Crippen LogP contribution in [0.4, 0.5) is 5.95 Å². The highest BCUT2D eigenvalue weighted by atomic mass is 35.5. The van der Waals surface area contributed by atoms with Crippen molar-refractivity contribution in [3.63, 3.8) is 0 Å². The summed E-state index contributed by atoms with van der Waals surface area (Å²) >= 11 is 12.5. The van der Waals surface area contributed by atoms with E-state index in [4.69, 9.17) is 33.3 Å². The Balaban J connectivity index is 0.00000256. The standard InChI is InChI=1S/C23H26Cl2N4.ClH/c1-3-13-28(22(14-17-9-10-17)18-7-5-4-6-8-18)23-26-16(2)29(27-23)21-12-11-19(24)15-20(21)25;/h4-8,11-12,15,17,22H,3,9-10,13-14H2,1-2H3;1H/t22-;/m0./s1. The first-order valence-corrected chi connectivity index (χ1v) is 11.0. The molecule has 0 unspecified atom stereocenters. The Morgan fingerprint density at radius 2 is 1.87 bits per heavy atom. The summed E-state index contributed by atoms with van der Waals surface area (Å²) < 4.78 is 1.82. The molecule has 0 aliphatic heterocycles. The summed E-state index contributed by atoms with van der Waals surface area (Å²) in [5.41, 5.74) is 2.12. The minimum atomic E-state index is 0. The molecular formula is C23H27Cl3N4. The van der Waals surface area contributed by atoms with Crippen LogP contribution in [0.2, 0.25) is 10.0 Å². The molecular weight excluding hydrogens is 439 g/mol. The smallest absolute Gasteiger partial charge is 0.245 e. The van der Waals surface area contributed by atoms with Gasteiger partial charge < -0.3 is 4.90 Å². The average molecular weight is 466 g/mol. The lowest BCUT2D eigenvalue weighted by molar-refractivity contribution is 0.527. The second kappa shape index (κ2) is 10.0. The maximum absolute atomic E-state index is 6.43. The third-order valence-electron chi connectivity index (χ3n) is 5.43. The van der Waals surface area contributed by atoms with E-state index in [0.717, 1.165) is 42.8 Å². The lowest BCUT2D eigenvalue weighted by atomic mass is 9.99. The molecule has 30 heavy (non-hydrogen) atoms. The van der Waals surface area contributed by atoms with E-state index in [1.54, 1.807) is 6.07 Å². The van der Waals surface area contributed by atoms with E-state index in [1.165, 1.54) is 18.4 Å². The molecule has 160 valence electrons. The zero-order valence-electron chi connectivity index (χ0n) is 17.3. The Morgan fingerprint density at radius 3 is 2.50 bits per heavy atom. The van der Waals surface area contributed by atoms with Crippen molar-refractivity contribution in [1.29, 1.82) is 0 Å². The number of aryl methyl sites for hydroxylation is 1. The summed E-state index contributed by atoms with van der Waals surface area (Å²) in [5.74, 6) is 2.36. The van der Waals surface area contributed by atoms with Crippen molar-refractivity contribution >= 4 is 41.6 Å². The van der Waals surface area contributed by atoms with Crippen LogP contribution < -0.4 is 4.90 Å². The van der Waals surface area contributed by atoms with Crippen LogP contribution >= 0.6 is 35.6 Å². The average Bonchev–Trinajstić information content (AvgIpc) is 3.46. The molecule has 0 saturated heterocycles. The Kier molecular flexibility index (Phi) is 7.67. The van der Waals surface area contributed by atoms with Crippen LogP contribution in [0.25, 0.3) is 5.69 Å². The number of nitrogens with zero attached hydrogens (tertiary/aromatic N) is 4. The molecule has 4 rings (SSSR count). The summed E-state index contributed by atoms with van der Waals surface area (Å²) in [6, 6.07) is 16.5. The fourth-order valence-electron chi connectivity index (χ4n) is 3.80. The number of anilines is 1. The van der Waals surface area contributed by atoms with Crippen LogP contribution in [-0.4, -0.2) is 21.3 Å². The molecule has 2 aromatic carbocycles. The maximum Gasteiger partial charge on any atom is 0.245 e. The van der Waals surface area contributed by atoms with Gasteiger partial charge in [0.1, 0.15) is 5.82 Å². The van der Waals surface area contributed by atoms with Gasteiger partial charge in [-0.1, -0.05) is 73.3 Å². The van der Waals surface area contributed by atoms with Gasteiger partial charge in [-0.2, -0.15) is 4.98 Å². The van der Waals surface area contributed by atoms with Crippen molar-refractivity contribution in [1.82, 2.24) is 14.8 Å². The Labute approximate surface area is 194 Å². The number of benzene rings is 2. The zero-order chi connectivity index (χ0) is 20.4. The Hall–Kier alpha value is -1.75. The molecule has 0 spiro atoms. The number of hydrogen-bond donors (Lipinski definition) is 0. The van der Waals surface area contributed by atoms with Gasteiger partial charge in [0.15, 0.2) is 0 Å². The summed E-state index contributed by atoms with van der Waals surface area (Å²) in [4.78, 5) is 7.19. The number of halogens is 3. The maximum atomic E-state index is 6.43. The molecule has 3 aromatic rings. The molecule has 1 aromatic heterocycles. The molecule has 1 saturated carbocycles. The van der Waals surface area contributed by atoms with Crippen LogP contribution in [0.1, 0.15) is 50.0 Å². The van der Waals surface area contributed by atoms with Crippen LogP contribution in [0.15, 0.2) is 48.5 Å². The zero-order valence-corrected chi connectivity index (χ0v) is 19.6. The van der Waals surface area contributed by atoms with Crippen LogP contribution in [-0.2, 0) is 0 Å². The molecule has 1 aliphatic carbocycles. The minimum Gasteiger partial charge on any atom is -0.332 e. The predicted molar refractivity (Wildman–Crippen MR) is 128 cm³/mol.